The molecule has 30 heavy (non-hydrogen) atoms. The number of nitrogens with zero attached hydrogens (tertiary/aromatic N) is 1. The zero-order chi connectivity index (χ0) is 21.0. The predicted molar refractivity (Wildman–Crippen MR) is 114 cm³/mol. The second-order valence-corrected chi connectivity index (χ2v) is 8.36. The van der Waals surface area contributed by atoms with Crippen LogP contribution in [0.5, 0.6) is 23.0 Å². The van der Waals surface area contributed by atoms with Gasteiger partial charge in [-0.3, -0.25) is 0 Å². The largest absolute Gasteiger partial charge is 0.496 e. The molecule has 6 heteroatoms. The van der Waals surface area contributed by atoms with Gasteiger partial charge in [0.2, 0.25) is 0 Å². The van der Waals surface area contributed by atoms with Crippen LogP contribution in [0.4, 0.5) is 0 Å². The van der Waals surface area contributed by atoms with E-state index in [1.54, 1.807) is 14.2 Å². The van der Waals surface area contributed by atoms with E-state index in [9.17, 15) is 0 Å². The number of rotatable bonds is 2. The molecule has 0 saturated heterocycles. The van der Waals surface area contributed by atoms with Crippen molar-refractivity contribution in [2.24, 2.45) is 5.16 Å². The molecule has 0 N–H and O–H groups in total. The molecule has 0 unspecified atom stereocenters. The number of fused-ring (bicyclic) bond motifs is 6. The Morgan fingerprint density at radius 2 is 1.97 bits per heavy atom. The lowest BCUT2D eigenvalue weighted by Crippen LogP contribution is -2.43. The molecule has 0 aromatic heterocycles. The smallest absolute Gasteiger partial charge is 0.145 e. The van der Waals surface area contributed by atoms with Crippen molar-refractivity contribution in [1.29, 1.82) is 0 Å². The van der Waals surface area contributed by atoms with Crippen LogP contribution in [-0.4, -0.2) is 38.2 Å². The number of aryl methyl sites for hydroxylation is 1. The van der Waals surface area contributed by atoms with E-state index in [0.29, 0.717) is 6.61 Å². The first-order chi connectivity index (χ1) is 14.4. The van der Waals surface area contributed by atoms with Crippen molar-refractivity contribution in [3.8, 4) is 23.0 Å². The maximum absolute atomic E-state index is 6.51. The van der Waals surface area contributed by atoms with E-state index in [0.717, 1.165) is 51.0 Å². The number of ether oxygens (including phenoxy) is 4. The molecular weight excluding hydrogens is 382 g/mol. The molecule has 2 aromatic carbocycles. The summed E-state index contributed by atoms with van der Waals surface area (Å²) in [5.41, 5.74) is 4.29. The second-order valence-electron chi connectivity index (χ2n) is 8.36. The van der Waals surface area contributed by atoms with Crippen molar-refractivity contribution in [3.05, 3.63) is 52.6 Å². The van der Waals surface area contributed by atoms with Crippen LogP contribution in [0, 0.1) is 6.92 Å². The third-order valence-electron chi connectivity index (χ3n) is 5.85. The number of methoxy groups -OCH3 is 1. The van der Waals surface area contributed by atoms with E-state index in [4.69, 9.17) is 23.8 Å². The van der Waals surface area contributed by atoms with Gasteiger partial charge in [-0.1, -0.05) is 5.16 Å². The van der Waals surface area contributed by atoms with Gasteiger partial charge in [0.15, 0.2) is 0 Å². The Labute approximate surface area is 176 Å². The molecule has 0 fully saturated rings. The Morgan fingerprint density at radius 3 is 2.73 bits per heavy atom. The highest BCUT2D eigenvalue weighted by molar-refractivity contribution is 6.09. The average Bonchev–Trinajstić information content (AvgIpc) is 2.71. The summed E-state index contributed by atoms with van der Waals surface area (Å²) < 4.78 is 24.3. The first kappa shape index (κ1) is 18.9. The minimum atomic E-state index is -0.358. The fourth-order valence-electron chi connectivity index (χ4n) is 4.44. The van der Waals surface area contributed by atoms with Crippen LogP contribution in [0.25, 0.3) is 6.08 Å². The molecule has 0 radical (unpaired) electrons. The maximum Gasteiger partial charge on any atom is 0.145 e. The standard InChI is InChI=1S/C24H25NO5/c1-13-10-19-16(11-18(13)26-4)21-20(12-28-19)29-23-14-8-9-24(2,3)30-17(14)7-6-15(23)22(21)25-27-5/h6-11,20-21H,12H2,1-5H3/b25-22+/t20-,21+/m1/s1. The first-order valence-corrected chi connectivity index (χ1v) is 10.1. The van der Waals surface area contributed by atoms with Gasteiger partial charge < -0.3 is 23.8 Å². The average molecular weight is 407 g/mol. The Morgan fingerprint density at radius 1 is 1.13 bits per heavy atom. The van der Waals surface area contributed by atoms with Crippen molar-refractivity contribution in [3.63, 3.8) is 0 Å². The summed E-state index contributed by atoms with van der Waals surface area (Å²) >= 11 is 0. The van der Waals surface area contributed by atoms with Crippen LogP contribution in [0.15, 0.2) is 35.5 Å². The molecule has 3 aliphatic heterocycles. The monoisotopic (exact) mass is 407 g/mol. The summed E-state index contributed by atoms with van der Waals surface area (Å²) in [4.78, 5) is 5.27. The maximum atomic E-state index is 6.51. The number of hydrogen-bond donors (Lipinski definition) is 0. The van der Waals surface area contributed by atoms with Crippen LogP contribution in [0.3, 0.4) is 0 Å². The SMILES string of the molecule is CO/N=C1\c2ccc3c(c2O[C@@H]2COc4cc(C)c(OC)cc4[C@H]12)C=CC(C)(C)O3. The summed E-state index contributed by atoms with van der Waals surface area (Å²) in [5, 5.41) is 4.44. The van der Waals surface area contributed by atoms with Gasteiger partial charge in [-0.15, -0.1) is 0 Å². The van der Waals surface area contributed by atoms with Gasteiger partial charge in [-0.25, -0.2) is 0 Å². The summed E-state index contributed by atoms with van der Waals surface area (Å²) in [6.07, 6.45) is 3.87. The van der Waals surface area contributed by atoms with Gasteiger partial charge in [0.1, 0.15) is 54.1 Å². The molecular formula is C24H25NO5. The van der Waals surface area contributed by atoms with E-state index >= 15 is 0 Å². The van der Waals surface area contributed by atoms with Crippen molar-refractivity contribution < 1.29 is 23.8 Å². The Bertz CT molecular complexity index is 1090. The van der Waals surface area contributed by atoms with Gasteiger partial charge in [-0.2, -0.15) is 0 Å². The Kier molecular flexibility index (Phi) is 4.20. The van der Waals surface area contributed by atoms with Crippen molar-refractivity contribution in [1.82, 2.24) is 0 Å². The van der Waals surface area contributed by atoms with Crippen molar-refractivity contribution in [2.75, 3.05) is 20.8 Å². The number of benzene rings is 2. The molecule has 3 aliphatic rings. The molecule has 0 spiro atoms. The summed E-state index contributed by atoms with van der Waals surface area (Å²) in [7, 11) is 3.24. The van der Waals surface area contributed by atoms with Gasteiger partial charge in [-0.05, 0) is 62.8 Å². The lowest BCUT2D eigenvalue weighted by Gasteiger charge is -2.40. The highest BCUT2D eigenvalue weighted by Crippen LogP contribution is 2.49. The second kappa shape index (κ2) is 6.69. The highest BCUT2D eigenvalue weighted by atomic mass is 16.6. The molecule has 6 nitrogen and oxygen atoms in total. The Balaban J connectivity index is 1.68. The fraction of sp³-hybridized carbons (Fsp3) is 0.375. The lowest BCUT2D eigenvalue weighted by molar-refractivity contribution is 0.0943. The predicted octanol–water partition coefficient (Wildman–Crippen LogP) is 4.48. The van der Waals surface area contributed by atoms with E-state index < -0.39 is 0 Å². The molecule has 0 saturated carbocycles. The van der Waals surface area contributed by atoms with Crippen LogP contribution >= 0.6 is 0 Å². The third-order valence-corrected chi connectivity index (χ3v) is 5.85. The molecule has 0 bridgehead atoms. The minimum Gasteiger partial charge on any atom is -0.496 e. The van der Waals surface area contributed by atoms with Crippen LogP contribution in [0.2, 0.25) is 0 Å². The summed E-state index contributed by atoms with van der Waals surface area (Å²) in [6, 6.07) is 8.00. The molecule has 3 heterocycles. The minimum absolute atomic E-state index is 0.126. The van der Waals surface area contributed by atoms with Crippen LogP contribution in [-0.2, 0) is 4.84 Å². The first-order valence-electron chi connectivity index (χ1n) is 10.1. The normalized spacial score (nSPS) is 23.7. The Hall–Kier alpha value is -3.15. The molecule has 156 valence electrons. The molecule has 5 rings (SSSR count). The molecule has 0 aliphatic carbocycles. The summed E-state index contributed by atoms with van der Waals surface area (Å²) in [5.74, 6) is 3.06. The lowest BCUT2D eigenvalue weighted by atomic mass is 9.80. The van der Waals surface area contributed by atoms with E-state index in [1.807, 2.05) is 51.1 Å². The van der Waals surface area contributed by atoms with Crippen LogP contribution in [0.1, 0.15) is 42.0 Å². The zero-order valence-corrected chi connectivity index (χ0v) is 17.8. The fourth-order valence-corrected chi connectivity index (χ4v) is 4.44. The third kappa shape index (κ3) is 2.82. The van der Waals surface area contributed by atoms with E-state index in [-0.39, 0.29) is 17.6 Å². The van der Waals surface area contributed by atoms with E-state index in [1.165, 1.54) is 0 Å². The van der Waals surface area contributed by atoms with Gasteiger partial charge in [0.05, 0.1) is 18.6 Å². The van der Waals surface area contributed by atoms with Gasteiger partial charge in [0, 0.05) is 11.1 Å². The van der Waals surface area contributed by atoms with Gasteiger partial charge >= 0.3 is 0 Å². The van der Waals surface area contributed by atoms with E-state index in [2.05, 4.69) is 11.2 Å². The molecule has 2 atom stereocenters. The molecule has 2 aromatic rings. The van der Waals surface area contributed by atoms with Crippen molar-refractivity contribution >= 4 is 11.8 Å². The van der Waals surface area contributed by atoms with Crippen molar-refractivity contribution in [2.45, 2.75) is 38.4 Å². The molecule has 0 amide bonds. The number of oxime groups is 1. The van der Waals surface area contributed by atoms with Gasteiger partial charge in [0.25, 0.3) is 0 Å². The van der Waals surface area contributed by atoms with Crippen LogP contribution < -0.4 is 18.9 Å². The highest BCUT2D eigenvalue weighted by Gasteiger charge is 2.44. The summed E-state index contributed by atoms with van der Waals surface area (Å²) in [6.45, 7) is 6.49. The zero-order valence-electron chi connectivity index (χ0n) is 17.8. The number of hydrogen-bond acceptors (Lipinski definition) is 6. The topological polar surface area (TPSA) is 58.5 Å². The quantitative estimate of drug-likeness (QED) is 0.687.